The number of hydrogen-bond donors (Lipinski definition) is 1. The molecule has 0 aliphatic rings. The normalized spacial score (nSPS) is 11.9. The van der Waals surface area contributed by atoms with Crippen molar-refractivity contribution in [2.75, 3.05) is 11.0 Å². The maximum Gasteiger partial charge on any atom is 0.229 e. The maximum atomic E-state index is 11.2. The molecule has 0 aliphatic carbocycles. The topological polar surface area (TPSA) is 63.5 Å². The van der Waals surface area contributed by atoms with E-state index in [9.17, 15) is 8.42 Å². The quantitative estimate of drug-likeness (QED) is 0.859. The van der Waals surface area contributed by atoms with Gasteiger partial charge in [0.25, 0.3) is 0 Å². The van der Waals surface area contributed by atoms with Crippen molar-refractivity contribution >= 4 is 21.4 Å². The number of aromatic nitrogens is 2. The number of aryl methyl sites for hydroxylation is 2. The second kappa shape index (κ2) is 3.48. The molecule has 0 radical (unpaired) electrons. The Labute approximate surface area is 94.2 Å². The first-order valence-electron chi connectivity index (χ1n) is 4.80. The summed E-state index contributed by atoms with van der Waals surface area (Å²) in [5, 5.41) is 0. The molecule has 0 aliphatic heterocycles. The summed E-state index contributed by atoms with van der Waals surface area (Å²) in [6, 6.07) is 3.48. The first kappa shape index (κ1) is 10.9. The molecule has 0 amide bonds. The van der Waals surface area contributed by atoms with Crippen molar-refractivity contribution in [3.05, 3.63) is 29.7 Å². The van der Waals surface area contributed by atoms with E-state index >= 15 is 0 Å². The Morgan fingerprint density at radius 1 is 1.38 bits per heavy atom. The number of imidazole rings is 1. The number of nitrogens with one attached hydrogen (secondary N) is 1. The monoisotopic (exact) mass is 239 g/mol. The Bertz CT molecular complexity index is 643. The summed E-state index contributed by atoms with van der Waals surface area (Å²) < 4.78 is 26.7. The fourth-order valence-corrected chi connectivity index (χ4v) is 2.14. The van der Waals surface area contributed by atoms with Crippen molar-refractivity contribution in [3.8, 4) is 0 Å². The van der Waals surface area contributed by atoms with Gasteiger partial charge in [0.05, 0.1) is 17.6 Å². The van der Waals surface area contributed by atoms with Gasteiger partial charge in [-0.15, -0.1) is 0 Å². The van der Waals surface area contributed by atoms with Crippen molar-refractivity contribution in [1.29, 1.82) is 0 Å². The van der Waals surface area contributed by atoms with Crippen LogP contribution in [0.25, 0.3) is 5.65 Å². The van der Waals surface area contributed by atoms with E-state index in [2.05, 4.69) is 9.71 Å². The van der Waals surface area contributed by atoms with E-state index < -0.39 is 10.0 Å². The van der Waals surface area contributed by atoms with Gasteiger partial charge in [-0.3, -0.25) is 4.72 Å². The van der Waals surface area contributed by atoms with E-state index in [0.717, 1.165) is 17.6 Å². The molecule has 0 unspecified atom stereocenters. The number of rotatable bonds is 2. The Balaban J connectivity index is 2.67. The van der Waals surface area contributed by atoms with Gasteiger partial charge < -0.3 is 4.40 Å². The Hall–Kier alpha value is -1.56. The Kier molecular flexibility index (Phi) is 2.38. The fraction of sp³-hybridized carbons (Fsp3) is 0.300. The van der Waals surface area contributed by atoms with Gasteiger partial charge in [0.2, 0.25) is 10.0 Å². The molecule has 0 atom stereocenters. The van der Waals surface area contributed by atoms with Crippen LogP contribution in [-0.4, -0.2) is 24.1 Å². The van der Waals surface area contributed by atoms with Gasteiger partial charge in [0.15, 0.2) is 5.65 Å². The molecule has 2 aromatic rings. The molecular formula is C10H13N3O2S. The van der Waals surface area contributed by atoms with Crippen LogP contribution in [-0.2, 0) is 10.0 Å². The number of pyridine rings is 1. The van der Waals surface area contributed by atoms with Crippen LogP contribution in [0.15, 0.2) is 18.3 Å². The van der Waals surface area contributed by atoms with Crippen molar-refractivity contribution in [3.63, 3.8) is 0 Å². The third kappa shape index (κ3) is 1.88. The molecular weight excluding hydrogens is 226 g/mol. The lowest BCUT2D eigenvalue weighted by atomic mass is 10.4. The molecule has 86 valence electrons. The number of anilines is 1. The highest BCUT2D eigenvalue weighted by Gasteiger charge is 2.10. The largest absolute Gasteiger partial charge is 0.302 e. The molecule has 2 rings (SSSR count). The lowest BCUT2D eigenvalue weighted by Gasteiger charge is -2.05. The SMILES string of the molecule is Cc1nc2c(NS(C)(=O)=O)cccn2c1C. The molecule has 6 heteroatoms. The fourth-order valence-electron chi connectivity index (χ4n) is 1.58. The molecule has 2 heterocycles. The predicted octanol–water partition coefficient (Wildman–Crippen LogP) is 1.32. The van der Waals surface area contributed by atoms with Gasteiger partial charge in [-0.05, 0) is 26.0 Å². The minimum absolute atomic E-state index is 0.501. The minimum Gasteiger partial charge on any atom is -0.302 e. The molecule has 0 saturated heterocycles. The van der Waals surface area contributed by atoms with Gasteiger partial charge in [-0.25, -0.2) is 13.4 Å². The summed E-state index contributed by atoms with van der Waals surface area (Å²) in [6.07, 6.45) is 2.98. The lowest BCUT2D eigenvalue weighted by molar-refractivity contribution is 0.607. The third-order valence-corrected chi connectivity index (χ3v) is 3.01. The average Bonchev–Trinajstić information content (AvgIpc) is 2.43. The zero-order chi connectivity index (χ0) is 11.9. The molecule has 0 spiro atoms. The predicted molar refractivity (Wildman–Crippen MR) is 63.1 cm³/mol. The van der Waals surface area contributed by atoms with Crippen LogP contribution in [0.2, 0.25) is 0 Å². The summed E-state index contributed by atoms with van der Waals surface area (Å²) >= 11 is 0. The van der Waals surface area contributed by atoms with Gasteiger partial charge >= 0.3 is 0 Å². The summed E-state index contributed by atoms with van der Waals surface area (Å²) in [6.45, 7) is 3.84. The third-order valence-electron chi connectivity index (χ3n) is 2.42. The summed E-state index contributed by atoms with van der Waals surface area (Å²) in [5.74, 6) is 0. The minimum atomic E-state index is -3.28. The van der Waals surface area contributed by atoms with E-state index in [1.54, 1.807) is 12.1 Å². The molecule has 0 fully saturated rings. The van der Waals surface area contributed by atoms with Gasteiger partial charge in [-0.2, -0.15) is 0 Å². The maximum absolute atomic E-state index is 11.2. The summed E-state index contributed by atoms with van der Waals surface area (Å²) in [4.78, 5) is 4.33. The second-order valence-corrected chi connectivity index (χ2v) is 5.52. The van der Waals surface area contributed by atoms with Crippen LogP contribution in [0.1, 0.15) is 11.4 Å². The average molecular weight is 239 g/mol. The molecule has 1 N–H and O–H groups in total. The van der Waals surface area contributed by atoms with Crippen LogP contribution in [0.5, 0.6) is 0 Å². The van der Waals surface area contributed by atoms with E-state index in [1.165, 1.54) is 0 Å². The number of fused-ring (bicyclic) bond motifs is 1. The summed E-state index contributed by atoms with van der Waals surface area (Å²) in [5.41, 5.74) is 3.03. The first-order valence-corrected chi connectivity index (χ1v) is 6.70. The zero-order valence-electron chi connectivity index (χ0n) is 9.35. The van der Waals surface area contributed by atoms with Crippen molar-refractivity contribution in [2.24, 2.45) is 0 Å². The van der Waals surface area contributed by atoms with Crippen LogP contribution in [0, 0.1) is 13.8 Å². The smallest absolute Gasteiger partial charge is 0.229 e. The highest BCUT2D eigenvalue weighted by atomic mass is 32.2. The van der Waals surface area contributed by atoms with Gasteiger partial charge in [0, 0.05) is 11.9 Å². The van der Waals surface area contributed by atoms with Crippen molar-refractivity contribution < 1.29 is 8.42 Å². The highest BCUT2D eigenvalue weighted by molar-refractivity contribution is 7.92. The lowest BCUT2D eigenvalue weighted by Crippen LogP contribution is -2.10. The Morgan fingerprint density at radius 3 is 2.69 bits per heavy atom. The number of nitrogens with zero attached hydrogens (tertiary/aromatic N) is 2. The van der Waals surface area contributed by atoms with E-state index in [-0.39, 0.29) is 0 Å². The highest BCUT2D eigenvalue weighted by Crippen LogP contribution is 2.19. The molecule has 0 bridgehead atoms. The standard InChI is InChI=1S/C10H13N3O2S/c1-7-8(2)13-6-4-5-9(10(13)11-7)12-16(3,14)15/h4-6,12H,1-3H3. The number of hydrogen-bond acceptors (Lipinski definition) is 3. The molecule has 5 nitrogen and oxygen atoms in total. The summed E-state index contributed by atoms with van der Waals surface area (Å²) in [7, 11) is -3.28. The van der Waals surface area contributed by atoms with E-state index in [4.69, 9.17) is 0 Å². The van der Waals surface area contributed by atoms with Crippen LogP contribution in [0.4, 0.5) is 5.69 Å². The molecule has 0 saturated carbocycles. The number of sulfonamides is 1. The zero-order valence-corrected chi connectivity index (χ0v) is 10.2. The van der Waals surface area contributed by atoms with Gasteiger partial charge in [-0.1, -0.05) is 0 Å². The Morgan fingerprint density at radius 2 is 2.06 bits per heavy atom. The molecule has 2 aromatic heterocycles. The van der Waals surface area contributed by atoms with Crippen molar-refractivity contribution in [2.45, 2.75) is 13.8 Å². The second-order valence-electron chi connectivity index (χ2n) is 3.77. The van der Waals surface area contributed by atoms with Gasteiger partial charge in [0.1, 0.15) is 0 Å². The molecule has 16 heavy (non-hydrogen) atoms. The van der Waals surface area contributed by atoms with Crippen molar-refractivity contribution in [1.82, 2.24) is 9.38 Å². The van der Waals surface area contributed by atoms with E-state index in [1.807, 2.05) is 24.4 Å². The molecule has 0 aromatic carbocycles. The first-order chi connectivity index (χ1) is 7.38. The van der Waals surface area contributed by atoms with E-state index in [0.29, 0.717) is 11.3 Å². The van der Waals surface area contributed by atoms with Crippen LogP contribution in [0.3, 0.4) is 0 Å². The van der Waals surface area contributed by atoms with Crippen LogP contribution < -0.4 is 4.72 Å². The van der Waals surface area contributed by atoms with Crippen LogP contribution >= 0.6 is 0 Å².